The number of anilines is 1. The highest BCUT2D eigenvalue weighted by Crippen LogP contribution is 2.18. The number of rotatable bonds is 4. The Morgan fingerprint density at radius 3 is 2.53 bits per heavy atom. The van der Waals surface area contributed by atoms with Gasteiger partial charge in [-0.25, -0.2) is 18.1 Å². The highest BCUT2D eigenvalue weighted by Gasteiger charge is 2.18. The van der Waals surface area contributed by atoms with E-state index >= 15 is 0 Å². The Bertz CT molecular complexity index is 1390. The van der Waals surface area contributed by atoms with Gasteiger partial charge in [0.25, 0.3) is 5.56 Å². The molecular formula is C20H12ClF2N3O3S. The van der Waals surface area contributed by atoms with Crippen LogP contribution in [-0.2, 0) is 11.3 Å². The molecule has 0 radical (unpaired) electrons. The maximum Gasteiger partial charge on any atom is 0.336 e. The summed E-state index contributed by atoms with van der Waals surface area (Å²) in [5.41, 5.74) is -1.06. The number of nitrogens with zero attached hydrogens (tertiary/aromatic N) is 2. The molecular weight excluding hydrogens is 436 g/mol. The maximum atomic E-state index is 13.8. The van der Waals surface area contributed by atoms with Gasteiger partial charge < -0.3 is 5.32 Å². The number of benzene rings is 2. The summed E-state index contributed by atoms with van der Waals surface area (Å²) in [5, 5.41) is 4.30. The average Bonchev–Trinajstić information content (AvgIpc) is 3.20. The number of carbonyl (C=O) groups excluding carboxylic acids is 1. The molecule has 2 heterocycles. The Morgan fingerprint density at radius 1 is 1.07 bits per heavy atom. The number of fused-ring (bicyclic) bond motifs is 1. The Hall–Kier alpha value is -3.30. The number of aromatic nitrogens is 2. The van der Waals surface area contributed by atoms with Crippen LogP contribution < -0.4 is 16.6 Å². The van der Waals surface area contributed by atoms with Gasteiger partial charge in [-0.15, -0.1) is 11.3 Å². The summed E-state index contributed by atoms with van der Waals surface area (Å²) in [5.74, 6) is -2.29. The Labute approximate surface area is 176 Å². The molecule has 0 atom stereocenters. The molecule has 2 aromatic heterocycles. The predicted octanol–water partition coefficient (Wildman–Crippen LogP) is 3.78. The van der Waals surface area contributed by atoms with Crippen LogP contribution in [0.4, 0.5) is 14.5 Å². The van der Waals surface area contributed by atoms with E-state index in [-0.39, 0.29) is 21.6 Å². The molecule has 0 unspecified atom stereocenters. The summed E-state index contributed by atoms with van der Waals surface area (Å²) in [6.07, 6.45) is 0. The molecule has 0 saturated heterocycles. The van der Waals surface area contributed by atoms with Crippen molar-refractivity contribution in [2.75, 3.05) is 5.32 Å². The standard InChI is InChI=1S/C20H12ClF2N3O3S/c21-11-1-4-13(5-2-11)26-19(28)18-16(7-8-30-18)25(20(26)29)10-17(27)24-15-9-12(22)3-6-14(15)23/h1-9H,10H2,(H,24,27). The third-order valence-electron chi connectivity index (χ3n) is 4.34. The molecule has 4 aromatic rings. The molecule has 2 aromatic carbocycles. The van der Waals surface area contributed by atoms with E-state index in [1.54, 1.807) is 11.4 Å². The van der Waals surface area contributed by atoms with Gasteiger partial charge in [0.15, 0.2) is 0 Å². The van der Waals surface area contributed by atoms with Crippen molar-refractivity contribution >= 4 is 44.7 Å². The third-order valence-corrected chi connectivity index (χ3v) is 5.49. The average molecular weight is 448 g/mol. The first kappa shape index (κ1) is 20.0. The third kappa shape index (κ3) is 3.64. The first-order valence-electron chi connectivity index (χ1n) is 8.59. The second-order valence-corrected chi connectivity index (χ2v) is 7.65. The molecule has 0 aliphatic rings. The molecule has 6 nitrogen and oxygen atoms in total. The SMILES string of the molecule is O=C(Cn1c(=O)n(-c2ccc(Cl)cc2)c(=O)c2sccc21)Nc1cc(F)ccc1F. The van der Waals surface area contributed by atoms with Crippen LogP contribution in [0.15, 0.2) is 63.5 Å². The Morgan fingerprint density at radius 2 is 1.80 bits per heavy atom. The summed E-state index contributed by atoms with van der Waals surface area (Å²) in [6, 6.07) is 10.3. The van der Waals surface area contributed by atoms with Crippen molar-refractivity contribution in [2.45, 2.75) is 6.54 Å². The topological polar surface area (TPSA) is 73.1 Å². The van der Waals surface area contributed by atoms with Crippen molar-refractivity contribution in [3.8, 4) is 5.69 Å². The van der Waals surface area contributed by atoms with Crippen LogP contribution in [0.2, 0.25) is 5.02 Å². The first-order valence-corrected chi connectivity index (χ1v) is 9.85. The number of hydrogen-bond donors (Lipinski definition) is 1. The van der Waals surface area contributed by atoms with E-state index in [0.717, 1.165) is 38.7 Å². The van der Waals surface area contributed by atoms with Crippen LogP contribution >= 0.6 is 22.9 Å². The van der Waals surface area contributed by atoms with Crippen molar-refractivity contribution in [1.29, 1.82) is 0 Å². The van der Waals surface area contributed by atoms with E-state index in [2.05, 4.69) is 5.32 Å². The van der Waals surface area contributed by atoms with E-state index in [1.807, 2.05) is 0 Å². The lowest BCUT2D eigenvalue weighted by atomic mass is 10.3. The quantitative estimate of drug-likeness (QED) is 0.517. The zero-order chi connectivity index (χ0) is 21.4. The number of amides is 1. The van der Waals surface area contributed by atoms with Gasteiger partial charge in [-0.3, -0.25) is 14.2 Å². The lowest BCUT2D eigenvalue weighted by Gasteiger charge is -2.13. The van der Waals surface area contributed by atoms with E-state index in [4.69, 9.17) is 11.6 Å². The van der Waals surface area contributed by atoms with Crippen LogP contribution in [0.5, 0.6) is 0 Å². The Balaban J connectivity index is 1.79. The monoisotopic (exact) mass is 447 g/mol. The smallest absolute Gasteiger partial charge is 0.322 e. The van der Waals surface area contributed by atoms with Gasteiger partial charge in [-0.2, -0.15) is 0 Å². The lowest BCUT2D eigenvalue weighted by molar-refractivity contribution is -0.116. The zero-order valence-corrected chi connectivity index (χ0v) is 16.6. The second kappa shape index (κ2) is 7.85. The zero-order valence-electron chi connectivity index (χ0n) is 15.1. The minimum absolute atomic E-state index is 0.272. The minimum Gasteiger partial charge on any atom is -0.322 e. The fourth-order valence-electron chi connectivity index (χ4n) is 2.98. The molecule has 0 saturated carbocycles. The van der Waals surface area contributed by atoms with Gasteiger partial charge in [0, 0.05) is 11.1 Å². The van der Waals surface area contributed by atoms with Gasteiger partial charge in [0.1, 0.15) is 22.9 Å². The number of carbonyl (C=O) groups is 1. The molecule has 1 N–H and O–H groups in total. The number of halogens is 3. The highest BCUT2D eigenvalue weighted by atomic mass is 35.5. The van der Waals surface area contributed by atoms with Crippen molar-refractivity contribution in [3.63, 3.8) is 0 Å². The van der Waals surface area contributed by atoms with Gasteiger partial charge in [0.05, 0.1) is 16.9 Å². The predicted molar refractivity (Wildman–Crippen MR) is 112 cm³/mol. The molecule has 152 valence electrons. The molecule has 0 aliphatic heterocycles. The number of thiophene rings is 1. The first-order chi connectivity index (χ1) is 14.3. The van der Waals surface area contributed by atoms with Crippen LogP contribution in [-0.4, -0.2) is 15.0 Å². The van der Waals surface area contributed by atoms with Gasteiger partial charge in [-0.05, 0) is 47.8 Å². The van der Waals surface area contributed by atoms with Crippen molar-refractivity contribution < 1.29 is 13.6 Å². The fourth-order valence-corrected chi connectivity index (χ4v) is 3.93. The summed E-state index contributed by atoms with van der Waals surface area (Å²) < 4.78 is 29.5. The minimum atomic E-state index is -0.816. The van der Waals surface area contributed by atoms with E-state index in [1.165, 1.54) is 24.3 Å². The van der Waals surface area contributed by atoms with Crippen molar-refractivity contribution in [3.05, 3.63) is 91.4 Å². The Kier molecular flexibility index (Phi) is 5.23. The maximum absolute atomic E-state index is 13.8. The van der Waals surface area contributed by atoms with Crippen molar-refractivity contribution in [1.82, 2.24) is 9.13 Å². The van der Waals surface area contributed by atoms with Crippen LogP contribution in [0, 0.1) is 11.6 Å². The molecule has 1 amide bonds. The molecule has 0 aliphatic carbocycles. The molecule has 4 rings (SSSR count). The molecule has 0 spiro atoms. The van der Waals surface area contributed by atoms with Crippen LogP contribution in [0.1, 0.15) is 0 Å². The summed E-state index contributed by atoms with van der Waals surface area (Å²) in [7, 11) is 0. The molecule has 30 heavy (non-hydrogen) atoms. The number of hydrogen-bond acceptors (Lipinski definition) is 4. The molecule has 10 heteroatoms. The van der Waals surface area contributed by atoms with Gasteiger partial charge >= 0.3 is 5.69 Å². The summed E-state index contributed by atoms with van der Waals surface area (Å²) >= 11 is 7.00. The van der Waals surface area contributed by atoms with E-state index in [0.29, 0.717) is 5.02 Å². The van der Waals surface area contributed by atoms with Crippen LogP contribution in [0.25, 0.3) is 15.9 Å². The summed E-state index contributed by atoms with van der Waals surface area (Å²) in [6.45, 7) is -0.504. The normalized spacial score (nSPS) is 11.0. The summed E-state index contributed by atoms with van der Waals surface area (Å²) in [4.78, 5) is 38.4. The second-order valence-electron chi connectivity index (χ2n) is 6.29. The van der Waals surface area contributed by atoms with Gasteiger partial charge in [-0.1, -0.05) is 11.6 Å². The van der Waals surface area contributed by atoms with E-state index in [9.17, 15) is 23.2 Å². The largest absolute Gasteiger partial charge is 0.336 e. The van der Waals surface area contributed by atoms with Crippen molar-refractivity contribution in [2.24, 2.45) is 0 Å². The highest BCUT2D eigenvalue weighted by molar-refractivity contribution is 7.17. The molecule has 0 bridgehead atoms. The van der Waals surface area contributed by atoms with Crippen LogP contribution in [0.3, 0.4) is 0 Å². The lowest BCUT2D eigenvalue weighted by Crippen LogP contribution is -2.40. The molecule has 0 fully saturated rings. The fraction of sp³-hybridized carbons (Fsp3) is 0.0500. The van der Waals surface area contributed by atoms with E-state index < -0.39 is 35.3 Å². The number of nitrogens with one attached hydrogen (secondary N) is 1. The van der Waals surface area contributed by atoms with Gasteiger partial charge in [0.2, 0.25) is 5.91 Å².